The van der Waals surface area contributed by atoms with Gasteiger partial charge in [0.05, 0.1) is 6.61 Å². The molecule has 1 rings (SSSR count). The molecule has 0 spiro atoms. The Kier molecular flexibility index (Phi) is 5.49. The first-order valence-electron chi connectivity index (χ1n) is 6.54. The molecule has 1 aromatic carbocycles. The Labute approximate surface area is 105 Å². The van der Waals surface area contributed by atoms with E-state index in [4.69, 9.17) is 4.74 Å². The van der Waals surface area contributed by atoms with Gasteiger partial charge in [-0.25, -0.2) is 0 Å². The van der Waals surface area contributed by atoms with Crippen LogP contribution in [0, 0.1) is 0 Å². The molecule has 0 saturated heterocycles. The topological polar surface area (TPSA) is 21.3 Å². The average Bonchev–Trinajstić information content (AvgIpc) is 2.28. The van der Waals surface area contributed by atoms with E-state index in [1.54, 1.807) is 0 Å². The molecule has 0 saturated carbocycles. The second kappa shape index (κ2) is 6.65. The molecule has 0 bridgehead atoms. The highest BCUT2D eigenvalue weighted by Gasteiger charge is 2.18. The van der Waals surface area contributed by atoms with Crippen molar-refractivity contribution in [3.8, 4) is 5.75 Å². The number of ether oxygens (including phenoxy) is 1. The third kappa shape index (κ3) is 4.04. The minimum atomic E-state index is 0.441. The molecule has 1 N–H and O–H groups in total. The summed E-state index contributed by atoms with van der Waals surface area (Å²) in [6, 6.07) is 9.27. The lowest BCUT2D eigenvalue weighted by molar-refractivity contribution is 0.330. The fourth-order valence-corrected chi connectivity index (χ4v) is 2.08. The molecule has 0 amide bonds. The standard InChI is InChI=1S/C15H25NO/c1-6-17-15-10-8-7-9-14(15)12(4)13(5)16-11(2)3/h7-13,16H,6H2,1-5H3. The van der Waals surface area contributed by atoms with Crippen molar-refractivity contribution in [2.24, 2.45) is 0 Å². The molecule has 2 heteroatoms. The van der Waals surface area contributed by atoms with Gasteiger partial charge in [0.15, 0.2) is 0 Å². The monoisotopic (exact) mass is 235 g/mol. The number of benzene rings is 1. The first-order valence-corrected chi connectivity index (χ1v) is 6.54. The summed E-state index contributed by atoms with van der Waals surface area (Å²) in [5.74, 6) is 1.46. The lowest BCUT2D eigenvalue weighted by Gasteiger charge is -2.25. The van der Waals surface area contributed by atoms with Crippen molar-refractivity contribution in [3.05, 3.63) is 29.8 Å². The van der Waals surface area contributed by atoms with Crippen LogP contribution in [0.3, 0.4) is 0 Å². The lowest BCUT2D eigenvalue weighted by atomic mass is 9.93. The van der Waals surface area contributed by atoms with Crippen LogP contribution in [0.5, 0.6) is 5.75 Å². The van der Waals surface area contributed by atoms with Crippen molar-refractivity contribution in [1.29, 1.82) is 0 Å². The fourth-order valence-electron chi connectivity index (χ4n) is 2.08. The molecule has 2 atom stereocenters. The van der Waals surface area contributed by atoms with Gasteiger partial charge in [-0.2, -0.15) is 0 Å². The number of hydrogen-bond donors (Lipinski definition) is 1. The smallest absolute Gasteiger partial charge is 0.122 e. The maximum atomic E-state index is 5.69. The fraction of sp³-hybridized carbons (Fsp3) is 0.600. The Morgan fingerprint density at radius 2 is 1.76 bits per heavy atom. The molecule has 2 unspecified atom stereocenters. The van der Waals surface area contributed by atoms with Crippen molar-refractivity contribution < 1.29 is 4.74 Å². The van der Waals surface area contributed by atoms with E-state index in [9.17, 15) is 0 Å². The molecule has 2 nitrogen and oxygen atoms in total. The molecule has 0 aliphatic heterocycles. The van der Waals surface area contributed by atoms with Crippen molar-refractivity contribution >= 4 is 0 Å². The number of hydrogen-bond acceptors (Lipinski definition) is 2. The second-order valence-electron chi connectivity index (χ2n) is 4.87. The third-order valence-electron chi connectivity index (χ3n) is 3.06. The summed E-state index contributed by atoms with van der Waals surface area (Å²) < 4.78 is 5.69. The van der Waals surface area contributed by atoms with Gasteiger partial charge in [-0.1, -0.05) is 39.0 Å². The zero-order valence-corrected chi connectivity index (χ0v) is 11.7. The Balaban J connectivity index is 2.83. The van der Waals surface area contributed by atoms with E-state index in [0.29, 0.717) is 18.0 Å². The lowest BCUT2D eigenvalue weighted by Crippen LogP contribution is -2.36. The Hall–Kier alpha value is -1.02. The second-order valence-corrected chi connectivity index (χ2v) is 4.87. The molecule has 0 radical (unpaired) electrons. The van der Waals surface area contributed by atoms with Crippen LogP contribution >= 0.6 is 0 Å². The van der Waals surface area contributed by atoms with Gasteiger partial charge in [-0.3, -0.25) is 0 Å². The van der Waals surface area contributed by atoms with Crippen LogP contribution in [-0.4, -0.2) is 18.7 Å². The van der Waals surface area contributed by atoms with Crippen LogP contribution in [0.15, 0.2) is 24.3 Å². The average molecular weight is 235 g/mol. The SMILES string of the molecule is CCOc1ccccc1C(C)C(C)NC(C)C. The van der Waals surface area contributed by atoms with Gasteiger partial charge < -0.3 is 10.1 Å². The largest absolute Gasteiger partial charge is 0.494 e. The Morgan fingerprint density at radius 3 is 2.35 bits per heavy atom. The van der Waals surface area contributed by atoms with Gasteiger partial charge in [-0.05, 0) is 31.4 Å². The molecule has 0 aromatic heterocycles. The van der Waals surface area contributed by atoms with E-state index in [-0.39, 0.29) is 0 Å². The Morgan fingerprint density at radius 1 is 1.12 bits per heavy atom. The first-order chi connectivity index (χ1) is 8.06. The van der Waals surface area contributed by atoms with Crippen molar-refractivity contribution in [2.75, 3.05) is 6.61 Å². The van der Waals surface area contributed by atoms with Gasteiger partial charge >= 0.3 is 0 Å². The molecule has 0 heterocycles. The van der Waals surface area contributed by atoms with Crippen LogP contribution < -0.4 is 10.1 Å². The van der Waals surface area contributed by atoms with Crippen LogP contribution in [0.1, 0.15) is 46.1 Å². The molecule has 0 aliphatic rings. The van der Waals surface area contributed by atoms with Gasteiger partial charge in [-0.15, -0.1) is 0 Å². The maximum Gasteiger partial charge on any atom is 0.122 e. The maximum absolute atomic E-state index is 5.69. The molecule has 0 fully saturated rings. The van der Waals surface area contributed by atoms with Gasteiger partial charge in [0.25, 0.3) is 0 Å². The van der Waals surface area contributed by atoms with Crippen molar-refractivity contribution in [1.82, 2.24) is 5.32 Å². The molecule has 1 aromatic rings. The van der Waals surface area contributed by atoms with E-state index in [1.807, 2.05) is 13.0 Å². The van der Waals surface area contributed by atoms with Crippen molar-refractivity contribution in [3.63, 3.8) is 0 Å². The normalized spacial score (nSPS) is 14.7. The summed E-state index contributed by atoms with van der Waals surface area (Å²) in [6.07, 6.45) is 0. The van der Waals surface area contributed by atoms with Crippen LogP contribution in [0.2, 0.25) is 0 Å². The van der Waals surface area contributed by atoms with E-state index < -0.39 is 0 Å². The number of para-hydroxylation sites is 1. The highest BCUT2D eigenvalue weighted by molar-refractivity contribution is 5.36. The molecular weight excluding hydrogens is 210 g/mol. The third-order valence-corrected chi connectivity index (χ3v) is 3.06. The predicted octanol–water partition coefficient (Wildman–Crippen LogP) is 3.58. The summed E-state index contributed by atoms with van der Waals surface area (Å²) in [7, 11) is 0. The molecule has 96 valence electrons. The van der Waals surface area contributed by atoms with Gasteiger partial charge in [0.2, 0.25) is 0 Å². The van der Waals surface area contributed by atoms with Crippen molar-refractivity contribution in [2.45, 2.75) is 52.6 Å². The Bertz CT molecular complexity index is 335. The predicted molar refractivity (Wildman–Crippen MR) is 73.8 cm³/mol. The molecule has 17 heavy (non-hydrogen) atoms. The van der Waals surface area contributed by atoms with Crippen LogP contribution in [-0.2, 0) is 0 Å². The highest BCUT2D eigenvalue weighted by atomic mass is 16.5. The number of nitrogens with one attached hydrogen (secondary N) is 1. The number of rotatable bonds is 6. The zero-order valence-electron chi connectivity index (χ0n) is 11.7. The van der Waals surface area contributed by atoms with E-state index >= 15 is 0 Å². The summed E-state index contributed by atoms with van der Waals surface area (Å²) in [4.78, 5) is 0. The van der Waals surface area contributed by atoms with E-state index in [1.165, 1.54) is 5.56 Å². The highest BCUT2D eigenvalue weighted by Crippen LogP contribution is 2.28. The molecular formula is C15H25NO. The zero-order chi connectivity index (χ0) is 12.8. The first kappa shape index (κ1) is 14.0. The van der Waals surface area contributed by atoms with Gasteiger partial charge in [0.1, 0.15) is 5.75 Å². The summed E-state index contributed by atoms with van der Waals surface area (Å²) >= 11 is 0. The van der Waals surface area contributed by atoms with Gasteiger partial charge in [0, 0.05) is 12.1 Å². The summed E-state index contributed by atoms with van der Waals surface area (Å²) in [5, 5.41) is 3.55. The van der Waals surface area contributed by atoms with E-state index in [0.717, 1.165) is 12.4 Å². The summed E-state index contributed by atoms with van der Waals surface area (Å²) in [5.41, 5.74) is 1.29. The molecule has 0 aliphatic carbocycles. The minimum Gasteiger partial charge on any atom is -0.494 e. The van der Waals surface area contributed by atoms with E-state index in [2.05, 4.69) is 51.2 Å². The minimum absolute atomic E-state index is 0.441. The van der Waals surface area contributed by atoms with Crippen LogP contribution in [0.25, 0.3) is 0 Å². The summed E-state index contributed by atoms with van der Waals surface area (Å²) in [6.45, 7) is 11.6. The quantitative estimate of drug-likeness (QED) is 0.814. The van der Waals surface area contributed by atoms with Crippen LogP contribution in [0.4, 0.5) is 0 Å².